The lowest BCUT2D eigenvalue weighted by molar-refractivity contribution is -0.0800. The van der Waals surface area contributed by atoms with Crippen molar-refractivity contribution in [2.45, 2.75) is 43.8 Å². The van der Waals surface area contributed by atoms with Gasteiger partial charge >= 0.3 is 0 Å². The van der Waals surface area contributed by atoms with Gasteiger partial charge in [0.25, 0.3) is 18.3 Å². The van der Waals surface area contributed by atoms with E-state index in [0.29, 0.717) is 0 Å². The Morgan fingerprint density at radius 3 is 2.87 bits per heavy atom. The highest BCUT2D eigenvalue weighted by Crippen LogP contribution is 2.34. The molecule has 4 rings (SSSR count). The number of rotatable bonds is 5. The number of amides is 1. The summed E-state index contributed by atoms with van der Waals surface area (Å²) in [6.45, 7) is 0. The summed E-state index contributed by atoms with van der Waals surface area (Å²) in [5.74, 6) is -3.37. The van der Waals surface area contributed by atoms with E-state index in [0.717, 1.165) is 4.68 Å². The summed E-state index contributed by atoms with van der Waals surface area (Å²) in [5, 5.41) is 22.9. The van der Waals surface area contributed by atoms with Crippen molar-refractivity contribution in [3.8, 4) is 0 Å². The van der Waals surface area contributed by atoms with Gasteiger partial charge in [-0.05, 0) is 12.5 Å². The Morgan fingerprint density at radius 1 is 1.39 bits per heavy atom. The van der Waals surface area contributed by atoms with Crippen molar-refractivity contribution in [2.75, 3.05) is 10.6 Å². The number of aryl methyl sites for hydroxylation is 1. The Kier molecular flexibility index (Phi) is 5.29. The molecule has 1 aliphatic carbocycles. The van der Waals surface area contributed by atoms with E-state index in [1.165, 1.54) is 36.2 Å². The summed E-state index contributed by atoms with van der Waals surface area (Å²) >= 11 is 0. The van der Waals surface area contributed by atoms with E-state index in [9.17, 15) is 27.5 Å². The standard InChI is InChI=1S/C18H19F4N7O2/c1-28-8-11(14(27-28)15(19)20)25-17(31)9-7-23-29-5-3-13(26-16(9)29)24-10-2-4-18(21,22)6-12(10)30/h3,5,7-8,10,12,15,30H,2,4,6H2,1H3,(H,24,26)(H,25,31)/t10-,12+/m1/s1. The number of aliphatic hydroxyl groups excluding tert-OH is 1. The quantitative estimate of drug-likeness (QED) is 0.525. The molecule has 9 nitrogen and oxygen atoms in total. The molecular formula is C18H19F4N7O2. The minimum absolute atomic E-state index is 0.0171. The molecule has 166 valence electrons. The molecule has 3 aromatic rings. The second-order valence-corrected chi connectivity index (χ2v) is 7.41. The lowest BCUT2D eigenvalue weighted by Gasteiger charge is -2.33. The molecule has 0 saturated heterocycles. The van der Waals surface area contributed by atoms with Crippen molar-refractivity contribution in [3.63, 3.8) is 0 Å². The molecule has 1 fully saturated rings. The SMILES string of the molecule is Cn1cc(NC(=O)c2cnn3ccc(N[C@@H]4CCC(F)(F)C[C@@H]4O)nc23)c(C(F)F)n1. The van der Waals surface area contributed by atoms with Gasteiger partial charge in [0.05, 0.1) is 24.0 Å². The van der Waals surface area contributed by atoms with Crippen LogP contribution in [0, 0.1) is 0 Å². The number of fused-ring (bicyclic) bond motifs is 1. The van der Waals surface area contributed by atoms with Crippen molar-refractivity contribution in [3.05, 3.63) is 35.9 Å². The Morgan fingerprint density at radius 2 is 2.16 bits per heavy atom. The van der Waals surface area contributed by atoms with E-state index >= 15 is 0 Å². The van der Waals surface area contributed by atoms with Gasteiger partial charge in [0, 0.05) is 32.3 Å². The van der Waals surface area contributed by atoms with Gasteiger partial charge in [-0.2, -0.15) is 10.2 Å². The van der Waals surface area contributed by atoms with Crippen molar-refractivity contribution < 1.29 is 27.5 Å². The summed E-state index contributed by atoms with van der Waals surface area (Å²) < 4.78 is 55.5. The number of halogens is 4. The molecular weight excluding hydrogens is 422 g/mol. The lowest BCUT2D eigenvalue weighted by Crippen LogP contribution is -2.43. The zero-order chi connectivity index (χ0) is 22.3. The molecule has 0 spiro atoms. The monoisotopic (exact) mass is 441 g/mol. The highest BCUT2D eigenvalue weighted by atomic mass is 19.3. The summed E-state index contributed by atoms with van der Waals surface area (Å²) in [6, 6.07) is 0.899. The maximum Gasteiger partial charge on any atom is 0.284 e. The molecule has 1 saturated carbocycles. The zero-order valence-corrected chi connectivity index (χ0v) is 16.3. The molecule has 31 heavy (non-hydrogen) atoms. The first-order valence-electron chi connectivity index (χ1n) is 9.43. The highest BCUT2D eigenvalue weighted by Gasteiger charge is 2.40. The molecule has 0 aromatic carbocycles. The molecule has 3 N–H and O–H groups in total. The van der Waals surface area contributed by atoms with E-state index < -0.39 is 42.5 Å². The molecule has 0 unspecified atom stereocenters. The fourth-order valence-corrected chi connectivity index (χ4v) is 3.53. The molecule has 13 heteroatoms. The van der Waals surface area contributed by atoms with Crippen LogP contribution in [0.4, 0.5) is 29.1 Å². The first-order chi connectivity index (χ1) is 14.6. The van der Waals surface area contributed by atoms with E-state index in [1.54, 1.807) is 0 Å². The number of hydrogen-bond acceptors (Lipinski definition) is 6. The van der Waals surface area contributed by atoms with Gasteiger partial charge in [-0.1, -0.05) is 0 Å². The third-order valence-electron chi connectivity index (χ3n) is 5.05. The number of alkyl halides is 4. The summed E-state index contributed by atoms with van der Waals surface area (Å²) in [6.07, 6.45) is -1.10. The van der Waals surface area contributed by atoms with E-state index in [1.807, 2.05) is 0 Å². The summed E-state index contributed by atoms with van der Waals surface area (Å²) in [4.78, 5) is 17.0. The number of hydrogen-bond donors (Lipinski definition) is 3. The Hall–Kier alpha value is -3.22. The molecule has 1 aliphatic rings. The average Bonchev–Trinajstić information content (AvgIpc) is 3.26. The smallest absolute Gasteiger partial charge is 0.284 e. The molecule has 0 bridgehead atoms. The van der Waals surface area contributed by atoms with Crippen LogP contribution in [-0.2, 0) is 7.05 Å². The van der Waals surface area contributed by atoms with Crippen molar-refractivity contribution in [1.82, 2.24) is 24.4 Å². The minimum Gasteiger partial charge on any atom is -0.391 e. The first kappa shape index (κ1) is 21.0. The fraction of sp³-hybridized carbons (Fsp3) is 0.444. The number of nitrogens with one attached hydrogen (secondary N) is 2. The molecule has 1 amide bonds. The Balaban J connectivity index is 1.55. The summed E-state index contributed by atoms with van der Waals surface area (Å²) in [5.41, 5.74) is -0.558. The maximum atomic E-state index is 13.4. The summed E-state index contributed by atoms with van der Waals surface area (Å²) in [7, 11) is 1.45. The second kappa shape index (κ2) is 7.80. The van der Waals surface area contributed by atoms with Crippen molar-refractivity contribution >= 4 is 23.1 Å². The number of nitrogens with zero attached hydrogens (tertiary/aromatic N) is 5. The largest absolute Gasteiger partial charge is 0.391 e. The zero-order valence-electron chi connectivity index (χ0n) is 16.3. The van der Waals surface area contributed by atoms with Crippen LogP contribution in [0.1, 0.15) is 41.7 Å². The highest BCUT2D eigenvalue weighted by molar-refractivity contribution is 6.08. The second-order valence-electron chi connectivity index (χ2n) is 7.41. The number of carbonyl (C=O) groups is 1. The van der Waals surface area contributed by atoms with Crippen LogP contribution in [-0.4, -0.2) is 53.5 Å². The third-order valence-corrected chi connectivity index (χ3v) is 5.05. The predicted octanol–water partition coefficient (Wildman–Crippen LogP) is 2.61. The van der Waals surface area contributed by atoms with Gasteiger partial charge in [-0.3, -0.25) is 9.48 Å². The van der Waals surface area contributed by atoms with Crippen LogP contribution in [0.3, 0.4) is 0 Å². The van der Waals surface area contributed by atoms with Gasteiger partial charge in [-0.15, -0.1) is 0 Å². The molecule has 0 aliphatic heterocycles. The third kappa shape index (κ3) is 4.31. The number of carbonyl (C=O) groups excluding carboxylic acids is 1. The Labute approximate surface area is 173 Å². The predicted molar refractivity (Wildman–Crippen MR) is 101 cm³/mol. The van der Waals surface area contributed by atoms with Gasteiger partial charge in [-0.25, -0.2) is 27.1 Å². The molecule has 0 radical (unpaired) electrons. The fourth-order valence-electron chi connectivity index (χ4n) is 3.53. The van der Waals surface area contributed by atoms with E-state index in [4.69, 9.17) is 0 Å². The molecule has 3 heterocycles. The Bertz CT molecular complexity index is 1110. The average molecular weight is 441 g/mol. The first-order valence-corrected chi connectivity index (χ1v) is 9.43. The maximum absolute atomic E-state index is 13.4. The van der Waals surface area contributed by atoms with Crippen LogP contribution in [0.2, 0.25) is 0 Å². The van der Waals surface area contributed by atoms with Crippen LogP contribution >= 0.6 is 0 Å². The van der Waals surface area contributed by atoms with Crippen molar-refractivity contribution in [1.29, 1.82) is 0 Å². The number of aromatic nitrogens is 5. The van der Waals surface area contributed by atoms with Crippen LogP contribution in [0.15, 0.2) is 24.7 Å². The van der Waals surface area contributed by atoms with E-state index in [2.05, 4.69) is 25.8 Å². The number of aliphatic hydroxyl groups is 1. The van der Waals surface area contributed by atoms with Gasteiger partial charge in [0.2, 0.25) is 0 Å². The van der Waals surface area contributed by atoms with Gasteiger partial charge in [0.1, 0.15) is 11.4 Å². The lowest BCUT2D eigenvalue weighted by atomic mass is 9.89. The molecule has 2 atom stereocenters. The van der Waals surface area contributed by atoms with Gasteiger partial charge in [0.15, 0.2) is 11.3 Å². The van der Waals surface area contributed by atoms with Crippen LogP contribution in [0.25, 0.3) is 5.65 Å². The van der Waals surface area contributed by atoms with Crippen molar-refractivity contribution in [2.24, 2.45) is 7.05 Å². The van der Waals surface area contributed by atoms with Crippen LogP contribution < -0.4 is 10.6 Å². The van der Waals surface area contributed by atoms with E-state index in [-0.39, 0.29) is 35.6 Å². The normalized spacial score (nSPS) is 20.9. The number of anilines is 2. The molecule has 3 aromatic heterocycles. The minimum atomic E-state index is -2.91. The topological polar surface area (TPSA) is 109 Å². The van der Waals surface area contributed by atoms with Crippen LogP contribution in [0.5, 0.6) is 0 Å². The van der Waals surface area contributed by atoms with Gasteiger partial charge < -0.3 is 15.7 Å².